The van der Waals surface area contributed by atoms with Crippen LogP contribution in [0.1, 0.15) is 24.5 Å². The second-order valence-electron chi connectivity index (χ2n) is 9.02. The van der Waals surface area contributed by atoms with Gasteiger partial charge in [0, 0.05) is 0 Å². The van der Waals surface area contributed by atoms with Crippen molar-refractivity contribution in [3.63, 3.8) is 0 Å². The third-order valence-corrected chi connectivity index (χ3v) is 6.48. The molecule has 7 atom stereocenters. The van der Waals surface area contributed by atoms with Gasteiger partial charge < -0.3 is 30.6 Å². The Morgan fingerprint density at radius 2 is 1.05 bits per heavy atom. The molecule has 0 aliphatic carbocycles. The van der Waals surface area contributed by atoms with Crippen molar-refractivity contribution in [1.29, 1.82) is 0 Å². The number of aryl methyl sites for hydroxylation is 1. The summed E-state index contributed by atoms with van der Waals surface area (Å²) >= 11 is 0. The molecule has 6 N–H and O–H groups in total. The lowest BCUT2D eigenvalue weighted by molar-refractivity contribution is -0.152. The zero-order valence-electron chi connectivity index (χ0n) is 19.7. The van der Waals surface area contributed by atoms with Gasteiger partial charge in [0.1, 0.15) is 24.4 Å². The fourth-order valence-electron chi connectivity index (χ4n) is 4.08. The van der Waals surface area contributed by atoms with Crippen LogP contribution < -0.4 is 0 Å². The highest BCUT2D eigenvalue weighted by atomic mass is 19.2. The maximum absolute atomic E-state index is 14.4. The van der Waals surface area contributed by atoms with Crippen molar-refractivity contribution in [3.05, 3.63) is 69.8 Å². The fraction of sp³-hybridized carbons (Fsp3) is 0.500. The Morgan fingerprint density at radius 3 is 1.55 bits per heavy atom. The molecule has 0 bridgehead atoms. The number of aliphatic hydroxyl groups excluding tert-OH is 6. The Morgan fingerprint density at radius 1 is 0.605 bits per heavy atom. The molecule has 38 heavy (non-hydrogen) atoms. The molecule has 14 heteroatoms. The summed E-state index contributed by atoms with van der Waals surface area (Å²) in [7, 11) is 0. The summed E-state index contributed by atoms with van der Waals surface area (Å²) in [5.74, 6) is -18.0. The van der Waals surface area contributed by atoms with Crippen LogP contribution >= 0.6 is 0 Å². The van der Waals surface area contributed by atoms with Crippen LogP contribution in [-0.2, 0) is 12.8 Å². The van der Waals surface area contributed by atoms with Crippen molar-refractivity contribution in [2.75, 3.05) is 6.61 Å². The van der Waals surface area contributed by atoms with Crippen LogP contribution in [0.5, 0.6) is 0 Å². The highest BCUT2D eigenvalue weighted by Gasteiger charge is 2.39. The number of benzene rings is 2. The maximum atomic E-state index is 14.4. The van der Waals surface area contributed by atoms with Crippen LogP contribution in [0.2, 0.25) is 0 Å². The number of halogens is 8. The van der Waals surface area contributed by atoms with Crippen molar-refractivity contribution in [3.8, 4) is 0 Å². The highest BCUT2D eigenvalue weighted by molar-refractivity contribution is 5.24. The molecule has 2 rings (SSSR count). The molecular weight excluding hydrogens is 536 g/mol. The first-order valence-electron chi connectivity index (χ1n) is 11.3. The van der Waals surface area contributed by atoms with Gasteiger partial charge in [-0.05, 0) is 54.4 Å². The van der Waals surface area contributed by atoms with Crippen LogP contribution in [0.15, 0.2) is 12.1 Å². The monoisotopic (exact) mass is 562 g/mol. The third-order valence-electron chi connectivity index (χ3n) is 6.48. The van der Waals surface area contributed by atoms with E-state index in [1.165, 1.54) is 6.92 Å². The summed E-state index contributed by atoms with van der Waals surface area (Å²) in [6.45, 7) is 0.227. The lowest BCUT2D eigenvalue weighted by atomic mass is 9.77. The Hall–Kier alpha value is -2.36. The van der Waals surface area contributed by atoms with Gasteiger partial charge in [0.05, 0.1) is 12.7 Å². The van der Waals surface area contributed by atoms with Gasteiger partial charge in [-0.1, -0.05) is 6.92 Å². The van der Waals surface area contributed by atoms with E-state index >= 15 is 0 Å². The molecule has 0 saturated carbocycles. The number of aliphatic hydroxyl groups is 6. The van der Waals surface area contributed by atoms with Gasteiger partial charge in [-0.3, -0.25) is 0 Å². The van der Waals surface area contributed by atoms with E-state index in [1.54, 1.807) is 0 Å². The third kappa shape index (κ3) is 6.79. The molecule has 214 valence electrons. The molecule has 0 heterocycles. The van der Waals surface area contributed by atoms with Crippen molar-refractivity contribution in [2.24, 2.45) is 11.8 Å². The molecule has 2 aromatic rings. The molecule has 0 aromatic heterocycles. The molecule has 0 aliphatic heterocycles. The van der Waals surface area contributed by atoms with E-state index < -0.39 is 119 Å². The van der Waals surface area contributed by atoms with Gasteiger partial charge in [0.25, 0.3) is 0 Å². The van der Waals surface area contributed by atoms with E-state index in [0.29, 0.717) is 6.07 Å². The average molecular weight is 562 g/mol. The first-order chi connectivity index (χ1) is 17.6. The molecule has 0 fully saturated rings. The molecule has 0 spiro atoms. The maximum Gasteiger partial charge on any atom is 0.197 e. The lowest BCUT2D eigenvalue weighted by Gasteiger charge is -2.35. The molecule has 6 nitrogen and oxygen atoms in total. The van der Waals surface area contributed by atoms with Gasteiger partial charge in [-0.25, -0.2) is 35.1 Å². The predicted octanol–water partition coefficient (Wildman–Crippen LogP) is 2.02. The summed E-state index contributed by atoms with van der Waals surface area (Å²) in [6, 6.07) is 0.652. The topological polar surface area (TPSA) is 121 Å². The summed E-state index contributed by atoms with van der Waals surface area (Å²) in [5, 5.41) is 59.5. The Kier molecular flexibility index (Phi) is 11.0. The minimum atomic E-state index is -2.32. The van der Waals surface area contributed by atoms with Crippen LogP contribution in [-0.4, -0.2) is 67.8 Å². The Bertz CT molecular complexity index is 1120. The van der Waals surface area contributed by atoms with Crippen molar-refractivity contribution >= 4 is 0 Å². The van der Waals surface area contributed by atoms with Crippen LogP contribution in [0.3, 0.4) is 0 Å². The van der Waals surface area contributed by atoms with Crippen LogP contribution in [0.25, 0.3) is 0 Å². The van der Waals surface area contributed by atoms with E-state index in [2.05, 4.69) is 0 Å². The minimum Gasteiger partial charge on any atom is -0.394 e. The van der Waals surface area contributed by atoms with Gasteiger partial charge in [-0.15, -0.1) is 0 Å². The van der Waals surface area contributed by atoms with Gasteiger partial charge in [0.2, 0.25) is 0 Å². The largest absolute Gasteiger partial charge is 0.394 e. The van der Waals surface area contributed by atoms with Gasteiger partial charge in [-0.2, -0.15) is 0 Å². The predicted molar refractivity (Wildman–Crippen MR) is 114 cm³/mol. The zero-order chi connectivity index (χ0) is 29.1. The fourth-order valence-corrected chi connectivity index (χ4v) is 4.08. The number of hydrogen-bond donors (Lipinski definition) is 6. The average Bonchev–Trinajstić information content (AvgIpc) is 2.90. The molecule has 3 unspecified atom stereocenters. The minimum absolute atomic E-state index is 0.276. The Labute approximate surface area is 211 Å². The summed E-state index contributed by atoms with van der Waals surface area (Å²) in [5.41, 5.74) is -1.45. The van der Waals surface area contributed by atoms with Crippen molar-refractivity contribution < 1.29 is 65.8 Å². The van der Waals surface area contributed by atoms with Crippen molar-refractivity contribution in [1.82, 2.24) is 0 Å². The SMILES string of the molecule is CC(CCc1cc(F)c(F)c(F)c1F)C(Cc1cc(F)c(F)c(F)c1F)C(O)[C@@H](O)[C@@H](O)[C@H](O)[C@@H](O)CO. The molecule has 2 aromatic carbocycles. The van der Waals surface area contributed by atoms with Gasteiger partial charge >= 0.3 is 0 Å². The van der Waals surface area contributed by atoms with E-state index in [4.69, 9.17) is 5.11 Å². The normalized spacial score (nSPS) is 17.6. The first-order valence-corrected chi connectivity index (χ1v) is 11.3. The molecule has 0 amide bonds. The number of hydrogen-bond acceptors (Lipinski definition) is 6. The smallest absolute Gasteiger partial charge is 0.197 e. The highest BCUT2D eigenvalue weighted by Crippen LogP contribution is 2.31. The van der Waals surface area contributed by atoms with E-state index in [-0.39, 0.29) is 12.5 Å². The second-order valence-corrected chi connectivity index (χ2v) is 9.02. The molecule has 0 saturated heterocycles. The van der Waals surface area contributed by atoms with Crippen LogP contribution in [0, 0.1) is 58.4 Å². The lowest BCUT2D eigenvalue weighted by Crippen LogP contribution is -2.52. The summed E-state index contributed by atoms with van der Waals surface area (Å²) in [6.07, 6.45) is -12.6. The van der Waals surface area contributed by atoms with E-state index in [1.807, 2.05) is 0 Å². The molecule has 0 aliphatic rings. The Balaban J connectivity index is 2.41. The standard InChI is InChI=1S/C24H26F8O6/c1-8(2-3-9-5-12(25)17(29)19(31)15(9)27)11(4-10-6-13(26)18(30)20(32)16(10)28)21(35)23(37)24(38)22(36)14(34)7-33/h5-6,8,11,14,21-24,33-38H,2-4,7H2,1H3/t8?,11?,14-,21?,22+,23+,24-/m0/s1. The van der Waals surface area contributed by atoms with Crippen molar-refractivity contribution in [2.45, 2.75) is 56.7 Å². The quantitative estimate of drug-likeness (QED) is 0.134. The molecular formula is C24H26F8O6. The summed E-state index contributed by atoms with van der Waals surface area (Å²) in [4.78, 5) is 0. The zero-order valence-corrected chi connectivity index (χ0v) is 19.7. The van der Waals surface area contributed by atoms with E-state index in [9.17, 15) is 60.7 Å². The number of rotatable bonds is 12. The van der Waals surface area contributed by atoms with Gasteiger partial charge in [0.15, 0.2) is 46.5 Å². The van der Waals surface area contributed by atoms with Crippen LogP contribution in [0.4, 0.5) is 35.1 Å². The first kappa shape index (κ1) is 31.9. The van der Waals surface area contributed by atoms with E-state index in [0.717, 1.165) is 0 Å². The molecule has 0 radical (unpaired) electrons. The second kappa shape index (κ2) is 13.1. The summed E-state index contributed by atoms with van der Waals surface area (Å²) < 4.78 is 110.